The number of carbonyl (C=O) groups excluding carboxylic acids is 1. The van der Waals surface area contributed by atoms with Crippen LogP contribution >= 0.6 is 0 Å². The van der Waals surface area contributed by atoms with E-state index in [9.17, 15) is 4.79 Å². The van der Waals surface area contributed by atoms with Gasteiger partial charge in [-0.25, -0.2) is 0 Å². The van der Waals surface area contributed by atoms with Crippen LogP contribution in [0.25, 0.3) is 0 Å². The van der Waals surface area contributed by atoms with Crippen molar-refractivity contribution in [3.8, 4) is 0 Å². The lowest BCUT2D eigenvalue weighted by molar-refractivity contribution is -0.142. The van der Waals surface area contributed by atoms with E-state index in [0.717, 1.165) is 5.92 Å². The van der Waals surface area contributed by atoms with Crippen LogP contribution in [-0.2, 0) is 9.53 Å². The van der Waals surface area contributed by atoms with E-state index in [1.54, 1.807) is 0 Å². The van der Waals surface area contributed by atoms with Crippen LogP contribution in [0.3, 0.4) is 0 Å². The van der Waals surface area contributed by atoms with Crippen molar-refractivity contribution in [2.75, 3.05) is 7.11 Å². The molecule has 12 heavy (non-hydrogen) atoms. The summed E-state index contributed by atoms with van der Waals surface area (Å²) in [6.45, 7) is 2.16. The Morgan fingerprint density at radius 1 is 1.50 bits per heavy atom. The number of hydrogen-bond acceptors (Lipinski definition) is 2. The smallest absolute Gasteiger partial charge is 0.305 e. The third-order valence-electron chi connectivity index (χ3n) is 2.92. The Morgan fingerprint density at radius 3 is 2.58 bits per heavy atom. The van der Waals surface area contributed by atoms with Gasteiger partial charge in [0.15, 0.2) is 0 Å². The topological polar surface area (TPSA) is 26.3 Å². The van der Waals surface area contributed by atoms with Crippen molar-refractivity contribution in [2.45, 2.75) is 39.0 Å². The third-order valence-corrected chi connectivity index (χ3v) is 2.92. The van der Waals surface area contributed by atoms with E-state index in [1.807, 2.05) is 0 Å². The highest BCUT2D eigenvalue weighted by molar-refractivity contribution is 5.69. The molecule has 0 amide bonds. The highest BCUT2D eigenvalue weighted by atomic mass is 16.5. The molecule has 1 unspecified atom stereocenters. The highest BCUT2D eigenvalue weighted by Gasteiger charge is 2.23. The Kier molecular flexibility index (Phi) is 3.57. The summed E-state index contributed by atoms with van der Waals surface area (Å²) in [4.78, 5) is 11.0. The molecule has 70 valence electrons. The van der Waals surface area contributed by atoms with E-state index in [-0.39, 0.29) is 5.97 Å². The molecule has 1 fully saturated rings. The molecule has 2 heteroatoms. The largest absolute Gasteiger partial charge is 0.469 e. The molecule has 0 saturated heterocycles. The predicted molar refractivity (Wildman–Crippen MR) is 47.8 cm³/mol. The average Bonchev–Trinajstić information content (AvgIpc) is 2.56. The minimum atomic E-state index is -0.0607. The first-order chi connectivity index (χ1) is 5.74. The van der Waals surface area contributed by atoms with E-state index in [2.05, 4.69) is 11.7 Å². The van der Waals surface area contributed by atoms with Crippen molar-refractivity contribution in [2.24, 2.45) is 11.8 Å². The molecular formula is C10H18O2. The van der Waals surface area contributed by atoms with Crippen LogP contribution in [0.1, 0.15) is 39.0 Å². The third kappa shape index (κ3) is 2.50. The van der Waals surface area contributed by atoms with E-state index in [0.29, 0.717) is 12.3 Å². The molecule has 0 aromatic heterocycles. The van der Waals surface area contributed by atoms with E-state index < -0.39 is 0 Å². The summed E-state index contributed by atoms with van der Waals surface area (Å²) in [5.41, 5.74) is 0. The highest BCUT2D eigenvalue weighted by Crippen LogP contribution is 2.32. The fourth-order valence-corrected chi connectivity index (χ4v) is 2.04. The summed E-state index contributed by atoms with van der Waals surface area (Å²) in [6.07, 6.45) is 5.89. The van der Waals surface area contributed by atoms with E-state index >= 15 is 0 Å². The second-order valence-electron chi connectivity index (χ2n) is 3.80. The number of carbonyl (C=O) groups is 1. The van der Waals surface area contributed by atoms with Crippen LogP contribution in [0.15, 0.2) is 0 Å². The number of esters is 1. The van der Waals surface area contributed by atoms with Gasteiger partial charge in [-0.2, -0.15) is 0 Å². The zero-order chi connectivity index (χ0) is 8.97. The van der Waals surface area contributed by atoms with Gasteiger partial charge < -0.3 is 4.74 Å². The Balaban J connectivity index is 2.26. The first kappa shape index (κ1) is 9.56. The summed E-state index contributed by atoms with van der Waals surface area (Å²) in [5, 5.41) is 0. The van der Waals surface area contributed by atoms with E-state index in [4.69, 9.17) is 0 Å². The van der Waals surface area contributed by atoms with Crippen LogP contribution in [-0.4, -0.2) is 13.1 Å². The van der Waals surface area contributed by atoms with Gasteiger partial charge >= 0.3 is 5.97 Å². The Labute approximate surface area is 74.3 Å². The van der Waals surface area contributed by atoms with Crippen molar-refractivity contribution in [3.63, 3.8) is 0 Å². The van der Waals surface area contributed by atoms with Crippen molar-refractivity contribution in [3.05, 3.63) is 0 Å². The lowest BCUT2D eigenvalue weighted by atomic mass is 9.90. The quantitative estimate of drug-likeness (QED) is 0.608. The van der Waals surface area contributed by atoms with Crippen LogP contribution in [0.2, 0.25) is 0 Å². The Morgan fingerprint density at radius 2 is 2.08 bits per heavy atom. The van der Waals surface area contributed by atoms with Gasteiger partial charge in [-0.1, -0.05) is 32.6 Å². The van der Waals surface area contributed by atoms with Gasteiger partial charge in [0.05, 0.1) is 7.11 Å². The monoisotopic (exact) mass is 170 g/mol. The summed E-state index contributed by atoms with van der Waals surface area (Å²) in [6, 6.07) is 0. The summed E-state index contributed by atoms with van der Waals surface area (Å²) < 4.78 is 4.64. The van der Waals surface area contributed by atoms with Crippen molar-refractivity contribution in [1.82, 2.24) is 0 Å². The fraction of sp³-hybridized carbons (Fsp3) is 0.900. The molecule has 0 heterocycles. The molecule has 0 aromatic carbocycles. The molecule has 0 aliphatic heterocycles. The molecule has 2 nitrogen and oxygen atoms in total. The molecule has 0 bridgehead atoms. The van der Waals surface area contributed by atoms with Crippen LogP contribution < -0.4 is 0 Å². The molecule has 0 N–H and O–H groups in total. The molecule has 1 aliphatic rings. The predicted octanol–water partition coefficient (Wildman–Crippen LogP) is 2.38. The molecule has 1 atom stereocenters. The second kappa shape index (κ2) is 4.48. The molecule has 1 aliphatic carbocycles. The Bertz CT molecular complexity index is 148. The van der Waals surface area contributed by atoms with Crippen LogP contribution in [0.5, 0.6) is 0 Å². The normalized spacial score (nSPS) is 20.8. The molecule has 0 aromatic rings. The summed E-state index contributed by atoms with van der Waals surface area (Å²) in [7, 11) is 1.46. The summed E-state index contributed by atoms with van der Waals surface area (Å²) >= 11 is 0. The zero-order valence-electron chi connectivity index (χ0n) is 8.01. The minimum absolute atomic E-state index is 0.0607. The molecule has 1 saturated carbocycles. The number of methoxy groups -OCH3 is 1. The van der Waals surface area contributed by atoms with Gasteiger partial charge in [-0.3, -0.25) is 4.79 Å². The lowest BCUT2D eigenvalue weighted by Gasteiger charge is -2.16. The van der Waals surface area contributed by atoms with Crippen molar-refractivity contribution in [1.29, 1.82) is 0 Å². The first-order valence-electron chi connectivity index (χ1n) is 4.81. The molecule has 0 radical (unpaired) electrons. The molecule has 1 rings (SSSR count). The van der Waals surface area contributed by atoms with Gasteiger partial charge in [0.2, 0.25) is 0 Å². The lowest BCUT2D eigenvalue weighted by Crippen LogP contribution is -2.13. The molecular weight excluding hydrogens is 152 g/mol. The maximum atomic E-state index is 11.0. The first-order valence-corrected chi connectivity index (χ1v) is 4.81. The van der Waals surface area contributed by atoms with Crippen LogP contribution in [0.4, 0.5) is 0 Å². The number of ether oxygens (including phenoxy) is 1. The number of rotatable bonds is 3. The van der Waals surface area contributed by atoms with Gasteiger partial charge in [0.25, 0.3) is 0 Å². The average molecular weight is 170 g/mol. The van der Waals surface area contributed by atoms with Crippen LogP contribution in [0, 0.1) is 11.8 Å². The van der Waals surface area contributed by atoms with Crippen molar-refractivity contribution < 1.29 is 9.53 Å². The van der Waals surface area contributed by atoms with Gasteiger partial charge in [0, 0.05) is 6.42 Å². The fourth-order valence-electron chi connectivity index (χ4n) is 2.04. The van der Waals surface area contributed by atoms with Gasteiger partial charge in [-0.15, -0.1) is 0 Å². The van der Waals surface area contributed by atoms with Gasteiger partial charge in [-0.05, 0) is 11.8 Å². The van der Waals surface area contributed by atoms with Crippen molar-refractivity contribution >= 4 is 5.97 Å². The Hall–Kier alpha value is -0.530. The standard InChI is InChI=1S/C10H18O2/c1-8(7-10(11)12-2)9-5-3-4-6-9/h8-9H,3-7H2,1-2H3. The minimum Gasteiger partial charge on any atom is -0.469 e. The molecule has 0 spiro atoms. The number of hydrogen-bond donors (Lipinski definition) is 0. The maximum Gasteiger partial charge on any atom is 0.305 e. The SMILES string of the molecule is COC(=O)CC(C)C1CCCC1. The summed E-state index contributed by atoms with van der Waals surface area (Å²) in [5.74, 6) is 1.22. The zero-order valence-corrected chi connectivity index (χ0v) is 8.01. The van der Waals surface area contributed by atoms with E-state index in [1.165, 1.54) is 32.8 Å². The second-order valence-corrected chi connectivity index (χ2v) is 3.80. The maximum absolute atomic E-state index is 11.0. The van der Waals surface area contributed by atoms with Gasteiger partial charge in [0.1, 0.15) is 0 Å².